The first kappa shape index (κ1) is 13.9. The predicted octanol–water partition coefficient (Wildman–Crippen LogP) is 2.54. The molecule has 1 N–H and O–H groups in total. The van der Waals surface area contributed by atoms with Gasteiger partial charge in [-0.25, -0.2) is 0 Å². The summed E-state index contributed by atoms with van der Waals surface area (Å²) < 4.78 is 5.55. The van der Waals surface area contributed by atoms with Gasteiger partial charge in [-0.3, -0.25) is 4.79 Å². The van der Waals surface area contributed by atoms with Crippen molar-refractivity contribution in [3.63, 3.8) is 0 Å². The Morgan fingerprint density at radius 1 is 1.37 bits per heavy atom. The van der Waals surface area contributed by atoms with Crippen LogP contribution >= 0.6 is 0 Å². The van der Waals surface area contributed by atoms with Crippen molar-refractivity contribution in [1.82, 2.24) is 0 Å². The number of aliphatic carboxylic acids is 1. The molecule has 1 heterocycles. The number of rotatable bonds is 6. The molecule has 0 bridgehead atoms. The SMILES string of the molecule is O=C(O)CCCN(c1ccccc1)C1CCCOC1. The largest absolute Gasteiger partial charge is 0.481 e. The summed E-state index contributed by atoms with van der Waals surface area (Å²) in [4.78, 5) is 12.9. The van der Waals surface area contributed by atoms with E-state index in [-0.39, 0.29) is 6.42 Å². The van der Waals surface area contributed by atoms with Crippen molar-refractivity contribution in [2.45, 2.75) is 31.7 Å². The van der Waals surface area contributed by atoms with Gasteiger partial charge in [-0.05, 0) is 31.4 Å². The lowest BCUT2D eigenvalue weighted by Crippen LogP contribution is -2.42. The van der Waals surface area contributed by atoms with Crippen molar-refractivity contribution in [3.8, 4) is 0 Å². The van der Waals surface area contributed by atoms with Gasteiger partial charge in [-0.15, -0.1) is 0 Å². The van der Waals surface area contributed by atoms with E-state index in [2.05, 4.69) is 17.0 Å². The summed E-state index contributed by atoms with van der Waals surface area (Å²) in [6, 6.07) is 10.6. The maximum Gasteiger partial charge on any atom is 0.303 e. The van der Waals surface area contributed by atoms with Gasteiger partial charge in [-0.1, -0.05) is 18.2 Å². The highest BCUT2D eigenvalue weighted by Crippen LogP contribution is 2.22. The zero-order valence-electron chi connectivity index (χ0n) is 11.1. The Kier molecular flexibility index (Phi) is 5.21. The zero-order valence-corrected chi connectivity index (χ0v) is 11.1. The topological polar surface area (TPSA) is 49.8 Å². The van der Waals surface area contributed by atoms with Crippen LogP contribution < -0.4 is 4.90 Å². The van der Waals surface area contributed by atoms with Crippen molar-refractivity contribution < 1.29 is 14.6 Å². The van der Waals surface area contributed by atoms with Crippen LogP contribution in [0.4, 0.5) is 5.69 Å². The van der Waals surface area contributed by atoms with Crippen molar-refractivity contribution in [2.24, 2.45) is 0 Å². The van der Waals surface area contributed by atoms with Crippen LogP contribution in [-0.4, -0.2) is 36.9 Å². The van der Waals surface area contributed by atoms with Crippen LogP contribution in [0, 0.1) is 0 Å². The van der Waals surface area contributed by atoms with Gasteiger partial charge in [-0.2, -0.15) is 0 Å². The first-order chi connectivity index (χ1) is 9.27. The van der Waals surface area contributed by atoms with E-state index in [1.54, 1.807) is 0 Å². The molecule has 0 aliphatic carbocycles. The minimum atomic E-state index is -0.729. The predicted molar refractivity (Wildman–Crippen MR) is 74.5 cm³/mol. The fraction of sp³-hybridized carbons (Fsp3) is 0.533. The van der Waals surface area contributed by atoms with E-state index < -0.39 is 5.97 Å². The minimum Gasteiger partial charge on any atom is -0.481 e. The van der Waals surface area contributed by atoms with Gasteiger partial charge in [0.2, 0.25) is 0 Å². The monoisotopic (exact) mass is 263 g/mol. The first-order valence-corrected chi connectivity index (χ1v) is 6.88. The maximum atomic E-state index is 10.7. The van der Waals surface area contributed by atoms with Crippen LogP contribution in [0.1, 0.15) is 25.7 Å². The lowest BCUT2D eigenvalue weighted by molar-refractivity contribution is -0.137. The molecule has 0 amide bonds. The molecule has 4 nitrogen and oxygen atoms in total. The molecule has 1 atom stereocenters. The second-order valence-corrected chi connectivity index (χ2v) is 4.90. The number of carboxylic acids is 1. The third kappa shape index (κ3) is 4.24. The minimum absolute atomic E-state index is 0.219. The van der Waals surface area contributed by atoms with Gasteiger partial charge in [0.25, 0.3) is 0 Å². The molecule has 0 radical (unpaired) electrons. The molecule has 1 aliphatic heterocycles. The van der Waals surface area contributed by atoms with Crippen LogP contribution in [0.25, 0.3) is 0 Å². The van der Waals surface area contributed by atoms with Crippen molar-refractivity contribution >= 4 is 11.7 Å². The quantitative estimate of drug-likeness (QED) is 0.857. The van der Waals surface area contributed by atoms with Crippen LogP contribution in [0.15, 0.2) is 30.3 Å². The first-order valence-electron chi connectivity index (χ1n) is 6.88. The molecule has 0 aromatic heterocycles. The third-order valence-electron chi connectivity index (χ3n) is 3.45. The van der Waals surface area contributed by atoms with Gasteiger partial charge < -0.3 is 14.7 Å². The van der Waals surface area contributed by atoms with Crippen LogP contribution in [-0.2, 0) is 9.53 Å². The molecular weight excluding hydrogens is 242 g/mol. The molecule has 1 saturated heterocycles. The Bertz CT molecular complexity index is 388. The molecule has 1 aliphatic rings. The number of anilines is 1. The summed E-state index contributed by atoms with van der Waals surface area (Å²) in [5.41, 5.74) is 1.16. The molecule has 1 aromatic carbocycles. The maximum absolute atomic E-state index is 10.7. The second kappa shape index (κ2) is 7.14. The summed E-state index contributed by atoms with van der Waals surface area (Å²) in [6.07, 6.45) is 3.08. The van der Waals surface area contributed by atoms with Crippen LogP contribution in [0.2, 0.25) is 0 Å². The molecule has 1 aromatic rings. The number of carbonyl (C=O) groups is 1. The number of nitrogens with zero attached hydrogens (tertiary/aromatic N) is 1. The van der Waals surface area contributed by atoms with Crippen LogP contribution in [0.3, 0.4) is 0 Å². The summed E-state index contributed by atoms with van der Waals surface area (Å²) in [6.45, 7) is 2.35. The fourth-order valence-electron chi connectivity index (χ4n) is 2.51. The fourth-order valence-corrected chi connectivity index (χ4v) is 2.51. The van der Waals surface area contributed by atoms with E-state index in [4.69, 9.17) is 9.84 Å². The number of benzene rings is 1. The third-order valence-corrected chi connectivity index (χ3v) is 3.45. The molecular formula is C15H21NO3. The highest BCUT2D eigenvalue weighted by Gasteiger charge is 2.21. The summed E-state index contributed by atoms with van der Waals surface area (Å²) in [7, 11) is 0. The number of ether oxygens (including phenoxy) is 1. The Morgan fingerprint density at radius 2 is 2.16 bits per heavy atom. The van der Waals surface area contributed by atoms with E-state index in [0.29, 0.717) is 12.5 Å². The number of hydrogen-bond donors (Lipinski definition) is 1. The molecule has 104 valence electrons. The average molecular weight is 263 g/mol. The standard InChI is InChI=1S/C15H21NO3/c17-15(18)9-4-10-16(13-6-2-1-3-7-13)14-8-5-11-19-12-14/h1-3,6-7,14H,4-5,8-12H2,(H,17,18). The van der Waals surface area contributed by atoms with Gasteiger partial charge >= 0.3 is 5.97 Å². The number of para-hydroxylation sites is 1. The molecule has 1 fully saturated rings. The molecule has 2 rings (SSSR count). The number of carboxylic acid groups (broad SMARTS) is 1. The molecule has 19 heavy (non-hydrogen) atoms. The molecule has 4 heteroatoms. The van der Waals surface area contributed by atoms with Gasteiger partial charge in [0, 0.05) is 25.3 Å². The van der Waals surface area contributed by atoms with Gasteiger partial charge in [0.05, 0.1) is 12.6 Å². The van der Waals surface area contributed by atoms with Crippen molar-refractivity contribution in [3.05, 3.63) is 30.3 Å². The molecule has 1 unspecified atom stereocenters. The lowest BCUT2D eigenvalue weighted by atomic mass is 10.1. The summed E-state index contributed by atoms with van der Waals surface area (Å²) >= 11 is 0. The zero-order chi connectivity index (χ0) is 13.5. The van der Waals surface area contributed by atoms with E-state index in [1.807, 2.05) is 18.2 Å². The lowest BCUT2D eigenvalue weighted by Gasteiger charge is -2.36. The Labute approximate surface area is 114 Å². The highest BCUT2D eigenvalue weighted by atomic mass is 16.5. The summed E-state index contributed by atoms with van der Waals surface area (Å²) in [5.74, 6) is -0.729. The average Bonchev–Trinajstić information content (AvgIpc) is 2.45. The highest BCUT2D eigenvalue weighted by molar-refractivity contribution is 5.66. The van der Waals surface area contributed by atoms with E-state index in [9.17, 15) is 4.79 Å². The number of hydrogen-bond acceptors (Lipinski definition) is 3. The van der Waals surface area contributed by atoms with Crippen molar-refractivity contribution in [2.75, 3.05) is 24.7 Å². The Morgan fingerprint density at radius 3 is 2.79 bits per heavy atom. The van der Waals surface area contributed by atoms with Crippen LogP contribution in [0.5, 0.6) is 0 Å². The van der Waals surface area contributed by atoms with E-state index in [0.717, 1.165) is 38.3 Å². The van der Waals surface area contributed by atoms with E-state index in [1.165, 1.54) is 0 Å². The van der Waals surface area contributed by atoms with Crippen molar-refractivity contribution in [1.29, 1.82) is 0 Å². The summed E-state index contributed by atoms with van der Waals surface area (Å²) in [5, 5.41) is 8.76. The smallest absolute Gasteiger partial charge is 0.303 e. The normalized spacial score (nSPS) is 19.1. The Balaban J connectivity index is 2.01. The molecule has 0 saturated carbocycles. The van der Waals surface area contributed by atoms with Gasteiger partial charge in [0.15, 0.2) is 0 Å². The second-order valence-electron chi connectivity index (χ2n) is 4.90. The van der Waals surface area contributed by atoms with Gasteiger partial charge in [0.1, 0.15) is 0 Å². The molecule has 0 spiro atoms. The van der Waals surface area contributed by atoms with E-state index >= 15 is 0 Å². The Hall–Kier alpha value is -1.55.